The van der Waals surface area contributed by atoms with Crippen LogP contribution in [0.1, 0.15) is 32.6 Å². The van der Waals surface area contributed by atoms with E-state index < -0.39 is 15.3 Å². The predicted molar refractivity (Wildman–Crippen MR) is 126 cm³/mol. The van der Waals surface area contributed by atoms with Crippen LogP contribution in [0.2, 0.25) is 0 Å². The SMILES string of the molecule is CCCCCS(=O)(=O)N=C1S[C@H](CC(=O)Nc2ccccc2)C(=O)N1c1ccccc1. The number of rotatable bonds is 9. The van der Waals surface area contributed by atoms with Crippen molar-refractivity contribution >= 4 is 50.1 Å². The minimum absolute atomic E-state index is 0.0686. The summed E-state index contributed by atoms with van der Waals surface area (Å²) in [6.45, 7) is 1.99. The normalized spacial score (nSPS) is 17.8. The van der Waals surface area contributed by atoms with Gasteiger partial charge in [0, 0.05) is 12.1 Å². The van der Waals surface area contributed by atoms with E-state index >= 15 is 0 Å². The Morgan fingerprint density at radius 2 is 1.71 bits per heavy atom. The van der Waals surface area contributed by atoms with Crippen LogP contribution in [0.3, 0.4) is 0 Å². The predicted octanol–water partition coefficient (Wildman–Crippen LogP) is 4.04. The van der Waals surface area contributed by atoms with Gasteiger partial charge in [-0.1, -0.05) is 67.9 Å². The quantitative estimate of drug-likeness (QED) is 0.571. The molecule has 9 heteroatoms. The number of para-hydroxylation sites is 2. The monoisotopic (exact) mass is 459 g/mol. The Bertz CT molecular complexity index is 1040. The number of benzene rings is 2. The van der Waals surface area contributed by atoms with Gasteiger partial charge in [-0.3, -0.25) is 14.5 Å². The lowest BCUT2D eigenvalue weighted by Gasteiger charge is -2.16. The molecule has 31 heavy (non-hydrogen) atoms. The standard InChI is InChI=1S/C22H25N3O4S2/c1-2-3-10-15-31(28,29)24-22-25(18-13-8-5-9-14-18)21(27)19(30-22)16-20(26)23-17-11-6-4-7-12-17/h4-9,11-14,19H,2-3,10,15-16H2,1H3,(H,23,26)/t19-/m1/s1. The molecule has 0 saturated carbocycles. The van der Waals surface area contributed by atoms with Gasteiger partial charge in [0.15, 0.2) is 5.17 Å². The third kappa shape index (κ3) is 6.41. The zero-order valence-corrected chi connectivity index (χ0v) is 18.9. The van der Waals surface area contributed by atoms with Crippen molar-refractivity contribution in [1.29, 1.82) is 0 Å². The van der Waals surface area contributed by atoms with Gasteiger partial charge in [-0.2, -0.15) is 0 Å². The second kappa shape index (κ2) is 10.6. The van der Waals surface area contributed by atoms with E-state index in [9.17, 15) is 18.0 Å². The average Bonchev–Trinajstić information content (AvgIpc) is 3.03. The van der Waals surface area contributed by atoms with Crippen molar-refractivity contribution in [2.75, 3.05) is 16.0 Å². The van der Waals surface area contributed by atoms with Crippen molar-refractivity contribution in [3.05, 3.63) is 60.7 Å². The van der Waals surface area contributed by atoms with E-state index in [2.05, 4.69) is 9.71 Å². The van der Waals surface area contributed by atoms with E-state index in [1.54, 1.807) is 54.6 Å². The molecule has 1 N–H and O–H groups in total. The van der Waals surface area contributed by atoms with Crippen LogP contribution in [0.15, 0.2) is 65.1 Å². The summed E-state index contributed by atoms with van der Waals surface area (Å²) in [5.74, 6) is -0.750. The highest BCUT2D eigenvalue weighted by Crippen LogP contribution is 2.34. The van der Waals surface area contributed by atoms with Crippen LogP contribution >= 0.6 is 11.8 Å². The third-order valence-electron chi connectivity index (χ3n) is 4.60. The van der Waals surface area contributed by atoms with E-state index in [4.69, 9.17) is 0 Å². The molecule has 1 saturated heterocycles. The molecule has 1 heterocycles. The fraction of sp³-hybridized carbons (Fsp3) is 0.318. The van der Waals surface area contributed by atoms with Crippen LogP contribution in [0.25, 0.3) is 0 Å². The van der Waals surface area contributed by atoms with Crippen LogP contribution in [-0.4, -0.2) is 36.4 Å². The van der Waals surface area contributed by atoms with Crippen LogP contribution in [0.5, 0.6) is 0 Å². The molecule has 0 bridgehead atoms. The molecule has 1 atom stereocenters. The molecule has 2 amide bonds. The summed E-state index contributed by atoms with van der Waals surface area (Å²) in [6.07, 6.45) is 2.12. The number of unbranched alkanes of at least 4 members (excludes halogenated alkanes) is 2. The topological polar surface area (TPSA) is 95.9 Å². The van der Waals surface area contributed by atoms with Crippen LogP contribution in [0, 0.1) is 0 Å². The van der Waals surface area contributed by atoms with Crippen molar-refractivity contribution in [2.45, 2.75) is 37.9 Å². The van der Waals surface area contributed by atoms with Crippen LogP contribution in [0.4, 0.5) is 11.4 Å². The molecule has 2 aromatic rings. The van der Waals surface area contributed by atoms with Gasteiger partial charge in [-0.05, 0) is 30.7 Å². The Morgan fingerprint density at radius 3 is 2.35 bits per heavy atom. The molecule has 1 fully saturated rings. The number of carbonyl (C=O) groups excluding carboxylic acids is 2. The Hall–Kier alpha value is -2.65. The van der Waals surface area contributed by atoms with Crippen molar-refractivity contribution in [1.82, 2.24) is 0 Å². The first-order valence-electron chi connectivity index (χ1n) is 10.1. The fourth-order valence-corrected chi connectivity index (χ4v) is 5.56. The van der Waals surface area contributed by atoms with Gasteiger partial charge in [0.25, 0.3) is 10.0 Å². The molecule has 0 aliphatic carbocycles. The summed E-state index contributed by atoms with van der Waals surface area (Å²) in [6, 6.07) is 17.7. The molecule has 164 valence electrons. The van der Waals surface area contributed by atoms with Gasteiger partial charge in [-0.15, -0.1) is 4.40 Å². The molecular weight excluding hydrogens is 434 g/mol. The summed E-state index contributed by atoms with van der Waals surface area (Å²) in [5.41, 5.74) is 1.16. The molecule has 1 aliphatic heterocycles. The number of hydrogen-bond acceptors (Lipinski definition) is 5. The Morgan fingerprint density at radius 1 is 1.06 bits per heavy atom. The van der Waals surface area contributed by atoms with Gasteiger partial charge in [-0.25, -0.2) is 8.42 Å². The Labute approximate surface area is 187 Å². The average molecular weight is 460 g/mol. The number of amidine groups is 1. The minimum Gasteiger partial charge on any atom is -0.326 e. The first kappa shape index (κ1) is 23.0. The lowest BCUT2D eigenvalue weighted by molar-refractivity contribution is -0.121. The maximum absolute atomic E-state index is 13.1. The van der Waals surface area contributed by atoms with Gasteiger partial charge >= 0.3 is 0 Å². The van der Waals surface area contributed by atoms with E-state index in [0.717, 1.165) is 24.6 Å². The molecule has 2 aromatic carbocycles. The van der Waals surface area contributed by atoms with Crippen molar-refractivity contribution < 1.29 is 18.0 Å². The molecule has 1 aliphatic rings. The molecule has 0 unspecified atom stereocenters. The maximum Gasteiger partial charge on any atom is 0.255 e. The smallest absolute Gasteiger partial charge is 0.255 e. The fourth-order valence-electron chi connectivity index (χ4n) is 3.08. The Kier molecular flexibility index (Phi) is 7.86. The maximum atomic E-state index is 13.1. The van der Waals surface area contributed by atoms with Gasteiger partial charge in [0.1, 0.15) is 5.25 Å². The number of nitrogens with zero attached hydrogens (tertiary/aromatic N) is 2. The minimum atomic E-state index is -3.73. The first-order valence-corrected chi connectivity index (χ1v) is 12.6. The number of anilines is 2. The number of amides is 2. The van der Waals surface area contributed by atoms with Gasteiger partial charge in [0.05, 0.1) is 11.4 Å². The lowest BCUT2D eigenvalue weighted by Crippen LogP contribution is -2.33. The van der Waals surface area contributed by atoms with Crippen LogP contribution in [-0.2, 0) is 19.6 Å². The number of sulfonamides is 1. The molecule has 3 rings (SSSR count). The molecule has 0 aromatic heterocycles. The number of nitrogens with one attached hydrogen (secondary N) is 1. The van der Waals surface area contributed by atoms with E-state index in [1.165, 1.54) is 4.90 Å². The Balaban J connectivity index is 1.81. The zero-order valence-electron chi connectivity index (χ0n) is 17.2. The summed E-state index contributed by atoms with van der Waals surface area (Å²) < 4.78 is 28.9. The number of carbonyl (C=O) groups is 2. The van der Waals surface area contributed by atoms with Crippen LogP contribution < -0.4 is 10.2 Å². The third-order valence-corrected chi connectivity index (χ3v) is 7.11. The molecule has 0 spiro atoms. The number of thioether (sulfide) groups is 1. The van der Waals surface area contributed by atoms with Crippen molar-refractivity contribution in [3.63, 3.8) is 0 Å². The molecule has 0 radical (unpaired) electrons. The lowest BCUT2D eigenvalue weighted by atomic mass is 10.2. The van der Waals surface area contributed by atoms with Gasteiger partial charge in [0.2, 0.25) is 11.8 Å². The van der Waals surface area contributed by atoms with Crippen molar-refractivity contribution in [2.24, 2.45) is 4.40 Å². The van der Waals surface area contributed by atoms with E-state index in [0.29, 0.717) is 17.8 Å². The highest BCUT2D eigenvalue weighted by Gasteiger charge is 2.41. The summed E-state index contributed by atoms with van der Waals surface area (Å²) >= 11 is 1.01. The highest BCUT2D eigenvalue weighted by atomic mass is 32.2. The molecular formula is C22H25N3O4S2. The summed E-state index contributed by atoms with van der Waals surface area (Å²) in [5, 5.41) is 2.09. The highest BCUT2D eigenvalue weighted by molar-refractivity contribution is 8.16. The summed E-state index contributed by atoms with van der Waals surface area (Å²) in [7, 11) is -3.73. The zero-order chi connectivity index (χ0) is 22.3. The summed E-state index contributed by atoms with van der Waals surface area (Å²) in [4.78, 5) is 26.9. The van der Waals surface area contributed by atoms with Crippen molar-refractivity contribution in [3.8, 4) is 0 Å². The van der Waals surface area contributed by atoms with E-state index in [1.807, 2.05) is 13.0 Å². The second-order valence-electron chi connectivity index (χ2n) is 7.10. The van der Waals surface area contributed by atoms with E-state index in [-0.39, 0.29) is 29.2 Å². The first-order chi connectivity index (χ1) is 14.9. The number of hydrogen-bond donors (Lipinski definition) is 1. The molecule has 7 nitrogen and oxygen atoms in total. The largest absolute Gasteiger partial charge is 0.326 e. The van der Waals surface area contributed by atoms with Gasteiger partial charge < -0.3 is 5.32 Å². The second-order valence-corrected chi connectivity index (χ2v) is 10.0.